The van der Waals surface area contributed by atoms with E-state index < -0.39 is 0 Å². The Hall–Kier alpha value is -0.900. The number of methoxy groups -OCH3 is 1. The third-order valence-electron chi connectivity index (χ3n) is 4.76. The maximum absolute atomic E-state index is 5.57. The predicted octanol–water partition coefficient (Wildman–Crippen LogP) is 3.23. The van der Waals surface area contributed by atoms with Gasteiger partial charge in [0.05, 0.1) is 5.60 Å². The average molecular weight is 290 g/mol. The van der Waals surface area contributed by atoms with Crippen LogP contribution < -0.4 is 5.32 Å². The molecule has 0 aromatic heterocycles. The van der Waals surface area contributed by atoms with Gasteiger partial charge in [0.1, 0.15) is 0 Å². The molecule has 2 atom stereocenters. The van der Waals surface area contributed by atoms with E-state index in [2.05, 4.69) is 61.3 Å². The number of hydrogen-bond acceptors (Lipinski definition) is 3. The third kappa shape index (κ3) is 4.53. The van der Waals surface area contributed by atoms with Crippen molar-refractivity contribution in [2.75, 3.05) is 26.7 Å². The summed E-state index contributed by atoms with van der Waals surface area (Å²) in [5.41, 5.74) is 1.36. The fourth-order valence-corrected chi connectivity index (χ4v) is 2.96. The molecule has 0 saturated carbocycles. The molecule has 1 N–H and O–H groups in total. The molecule has 0 aliphatic carbocycles. The average Bonchev–Trinajstić information content (AvgIpc) is 2.53. The van der Waals surface area contributed by atoms with E-state index in [0.717, 1.165) is 26.1 Å². The lowest BCUT2D eigenvalue weighted by atomic mass is 9.98. The third-order valence-corrected chi connectivity index (χ3v) is 4.76. The first-order valence-electron chi connectivity index (χ1n) is 8.13. The van der Waals surface area contributed by atoms with Crippen molar-refractivity contribution in [2.45, 2.75) is 51.3 Å². The van der Waals surface area contributed by atoms with Gasteiger partial charge in [0.2, 0.25) is 0 Å². The largest absolute Gasteiger partial charge is 0.379 e. The topological polar surface area (TPSA) is 24.5 Å². The van der Waals surface area contributed by atoms with Crippen molar-refractivity contribution in [1.29, 1.82) is 0 Å². The van der Waals surface area contributed by atoms with Gasteiger partial charge in [0.15, 0.2) is 0 Å². The number of hydrogen-bond donors (Lipinski definition) is 1. The Morgan fingerprint density at radius 3 is 2.62 bits per heavy atom. The molecule has 1 saturated heterocycles. The minimum absolute atomic E-state index is 0.0363. The summed E-state index contributed by atoms with van der Waals surface area (Å²) in [7, 11) is 1.81. The van der Waals surface area contributed by atoms with E-state index >= 15 is 0 Å². The van der Waals surface area contributed by atoms with E-state index in [-0.39, 0.29) is 5.60 Å². The van der Waals surface area contributed by atoms with Gasteiger partial charge in [0, 0.05) is 38.8 Å². The summed E-state index contributed by atoms with van der Waals surface area (Å²) in [5, 5.41) is 3.70. The SMILES string of the molecule is CCC1CNC(c2ccccc2)CN1CCC(C)(C)OC. The van der Waals surface area contributed by atoms with E-state index in [1.807, 2.05) is 7.11 Å². The molecule has 1 aliphatic rings. The summed E-state index contributed by atoms with van der Waals surface area (Å²) in [6.45, 7) is 9.88. The molecule has 118 valence electrons. The summed E-state index contributed by atoms with van der Waals surface area (Å²) in [5.74, 6) is 0. The van der Waals surface area contributed by atoms with Crippen molar-refractivity contribution in [3.8, 4) is 0 Å². The molecule has 2 rings (SSSR count). The quantitative estimate of drug-likeness (QED) is 0.870. The molecule has 1 fully saturated rings. The predicted molar refractivity (Wildman–Crippen MR) is 88.5 cm³/mol. The molecule has 2 unspecified atom stereocenters. The van der Waals surface area contributed by atoms with Gasteiger partial charge < -0.3 is 10.1 Å². The Morgan fingerprint density at radius 1 is 1.29 bits per heavy atom. The van der Waals surface area contributed by atoms with Crippen molar-refractivity contribution in [3.05, 3.63) is 35.9 Å². The van der Waals surface area contributed by atoms with E-state index in [4.69, 9.17) is 4.74 Å². The molecule has 0 amide bonds. The fourth-order valence-electron chi connectivity index (χ4n) is 2.96. The second-order valence-corrected chi connectivity index (χ2v) is 6.64. The van der Waals surface area contributed by atoms with Crippen LogP contribution in [0.3, 0.4) is 0 Å². The Labute approximate surface area is 129 Å². The van der Waals surface area contributed by atoms with Gasteiger partial charge in [-0.3, -0.25) is 4.90 Å². The van der Waals surface area contributed by atoms with Crippen molar-refractivity contribution >= 4 is 0 Å². The number of nitrogens with one attached hydrogen (secondary N) is 1. The second-order valence-electron chi connectivity index (χ2n) is 6.64. The molecular weight excluding hydrogens is 260 g/mol. The lowest BCUT2D eigenvalue weighted by molar-refractivity contribution is -0.000577. The second kappa shape index (κ2) is 7.39. The minimum Gasteiger partial charge on any atom is -0.379 e. The first kappa shape index (κ1) is 16.5. The zero-order valence-corrected chi connectivity index (χ0v) is 13.9. The molecule has 1 aromatic rings. The van der Waals surface area contributed by atoms with Crippen LogP contribution in [-0.2, 0) is 4.74 Å². The number of ether oxygens (including phenoxy) is 1. The van der Waals surface area contributed by atoms with Crippen LogP contribution in [0.4, 0.5) is 0 Å². The van der Waals surface area contributed by atoms with Crippen molar-refractivity contribution in [1.82, 2.24) is 10.2 Å². The minimum atomic E-state index is -0.0363. The first-order chi connectivity index (χ1) is 10.1. The summed E-state index contributed by atoms with van der Waals surface area (Å²) in [6.07, 6.45) is 2.27. The molecular formula is C18H30N2O. The molecule has 1 aromatic carbocycles. The highest BCUT2D eigenvalue weighted by Gasteiger charge is 2.29. The van der Waals surface area contributed by atoms with Crippen LogP contribution in [-0.4, -0.2) is 43.3 Å². The zero-order chi connectivity index (χ0) is 15.3. The van der Waals surface area contributed by atoms with Crippen LogP contribution in [0.25, 0.3) is 0 Å². The highest BCUT2D eigenvalue weighted by atomic mass is 16.5. The summed E-state index contributed by atoms with van der Waals surface area (Å²) in [4.78, 5) is 2.63. The van der Waals surface area contributed by atoms with Crippen molar-refractivity contribution in [3.63, 3.8) is 0 Å². The van der Waals surface area contributed by atoms with Gasteiger partial charge >= 0.3 is 0 Å². The van der Waals surface area contributed by atoms with Gasteiger partial charge in [-0.15, -0.1) is 0 Å². The van der Waals surface area contributed by atoms with Crippen molar-refractivity contribution in [2.24, 2.45) is 0 Å². The fraction of sp³-hybridized carbons (Fsp3) is 0.667. The van der Waals surface area contributed by atoms with Crippen LogP contribution in [0.15, 0.2) is 30.3 Å². The summed E-state index contributed by atoms with van der Waals surface area (Å²) in [6, 6.07) is 11.9. The molecule has 3 nitrogen and oxygen atoms in total. The van der Waals surface area contributed by atoms with Crippen LogP contribution in [0.5, 0.6) is 0 Å². The molecule has 0 radical (unpaired) electrons. The molecule has 0 bridgehead atoms. The molecule has 0 spiro atoms. The highest BCUT2D eigenvalue weighted by Crippen LogP contribution is 2.23. The molecule has 3 heteroatoms. The lowest BCUT2D eigenvalue weighted by Crippen LogP contribution is -2.53. The maximum atomic E-state index is 5.57. The van der Waals surface area contributed by atoms with Crippen LogP contribution >= 0.6 is 0 Å². The first-order valence-corrected chi connectivity index (χ1v) is 8.13. The smallest absolute Gasteiger partial charge is 0.0634 e. The number of piperazine rings is 1. The summed E-state index contributed by atoms with van der Waals surface area (Å²) >= 11 is 0. The van der Waals surface area contributed by atoms with E-state index in [0.29, 0.717) is 12.1 Å². The van der Waals surface area contributed by atoms with Gasteiger partial charge in [-0.05, 0) is 32.3 Å². The number of nitrogens with zero attached hydrogens (tertiary/aromatic N) is 1. The molecule has 1 heterocycles. The Balaban J connectivity index is 1.99. The standard InChI is InChI=1S/C18H30N2O/c1-5-16-13-19-17(15-9-7-6-8-10-15)14-20(16)12-11-18(2,3)21-4/h6-10,16-17,19H,5,11-14H2,1-4H3. The van der Waals surface area contributed by atoms with Crippen LogP contribution in [0.2, 0.25) is 0 Å². The zero-order valence-electron chi connectivity index (χ0n) is 13.9. The normalized spacial score (nSPS) is 24.2. The number of benzene rings is 1. The van der Waals surface area contributed by atoms with Crippen LogP contribution in [0.1, 0.15) is 45.2 Å². The molecule has 1 aliphatic heterocycles. The van der Waals surface area contributed by atoms with Gasteiger partial charge in [-0.25, -0.2) is 0 Å². The summed E-state index contributed by atoms with van der Waals surface area (Å²) < 4.78 is 5.57. The highest BCUT2D eigenvalue weighted by molar-refractivity contribution is 5.20. The van der Waals surface area contributed by atoms with Crippen LogP contribution in [0, 0.1) is 0 Å². The van der Waals surface area contributed by atoms with E-state index in [1.165, 1.54) is 12.0 Å². The molecule has 21 heavy (non-hydrogen) atoms. The maximum Gasteiger partial charge on any atom is 0.0634 e. The Kier molecular flexibility index (Phi) is 5.80. The van der Waals surface area contributed by atoms with Gasteiger partial charge in [0.25, 0.3) is 0 Å². The van der Waals surface area contributed by atoms with E-state index in [9.17, 15) is 0 Å². The monoisotopic (exact) mass is 290 g/mol. The Bertz CT molecular complexity index is 418. The van der Waals surface area contributed by atoms with Gasteiger partial charge in [-0.2, -0.15) is 0 Å². The Morgan fingerprint density at radius 2 is 2.00 bits per heavy atom. The van der Waals surface area contributed by atoms with Gasteiger partial charge in [-0.1, -0.05) is 37.3 Å². The lowest BCUT2D eigenvalue weighted by Gasteiger charge is -2.41. The number of rotatable bonds is 6. The van der Waals surface area contributed by atoms with E-state index in [1.54, 1.807) is 0 Å². The van der Waals surface area contributed by atoms with Crippen molar-refractivity contribution < 1.29 is 4.74 Å².